The van der Waals surface area contributed by atoms with E-state index >= 15 is 4.39 Å². The van der Waals surface area contributed by atoms with Crippen LogP contribution in [0.3, 0.4) is 0 Å². The zero-order valence-electron chi connectivity index (χ0n) is 23.6. The number of carbonyl (C=O) groups excluding carboxylic acids is 2. The lowest BCUT2D eigenvalue weighted by molar-refractivity contribution is -0.274. The lowest BCUT2D eigenvalue weighted by Gasteiger charge is -2.34. The van der Waals surface area contributed by atoms with Crippen LogP contribution in [0.5, 0.6) is 5.75 Å². The summed E-state index contributed by atoms with van der Waals surface area (Å²) in [5, 5.41) is 0. The zero-order valence-corrected chi connectivity index (χ0v) is 23.6. The zero-order chi connectivity index (χ0) is 30.2. The summed E-state index contributed by atoms with van der Waals surface area (Å²) in [6, 6.07) is 6.79. The number of rotatable bonds is 4. The summed E-state index contributed by atoms with van der Waals surface area (Å²) in [5.74, 6) is -0.579. The predicted octanol–water partition coefficient (Wildman–Crippen LogP) is 5.94. The molecule has 2 amide bonds. The number of pyridine rings is 1. The van der Waals surface area contributed by atoms with Crippen LogP contribution in [0.1, 0.15) is 73.6 Å². The molecule has 2 aliphatic rings. The molecule has 2 aromatic heterocycles. The highest BCUT2D eigenvalue weighted by atomic mass is 19.4. The van der Waals surface area contributed by atoms with Gasteiger partial charge in [-0.05, 0) is 81.8 Å². The molecule has 2 fully saturated rings. The first-order valence-corrected chi connectivity index (χ1v) is 13.9. The van der Waals surface area contributed by atoms with Crippen molar-refractivity contribution in [1.82, 2.24) is 24.8 Å². The molecule has 9 nitrogen and oxygen atoms in total. The summed E-state index contributed by atoms with van der Waals surface area (Å²) >= 11 is 0. The molecule has 3 aromatic rings. The third-order valence-corrected chi connectivity index (χ3v) is 7.54. The van der Waals surface area contributed by atoms with Crippen LogP contribution in [0.2, 0.25) is 0 Å². The van der Waals surface area contributed by atoms with Crippen LogP contribution in [-0.4, -0.2) is 81.1 Å². The number of ether oxygens (including phenoxy) is 2. The van der Waals surface area contributed by atoms with Crippen LogP contribution >= 0.6 is 0 Å². The molecule has 5 rings (SSSR count). The summed E-state index contributed by atoms with van der Waals surface area (Å²) < 4.78 is 61.8. The number of H-pyrrole nitrogens is 1. The van der Waals surface area contributed by atoms with E-state index in [-0.39, 0.29) is 29.7 Å². The number of nitrogens with one attached hydrogen (secondary N) is 1. The average Bonchev–Trinajstić information content (AvgIpc) is 3.35. The molecule has 42 heavy (non-hydrogen) atoms. The monoisotopic (exact) mass is 591 g/mol. The number of hydrogen-bond acceptors (Lipinski definition) is 6. The topological polar surface area (TPSA) is 101 Å². The van der Waals surface area contributed by atoms with E-state index in [0.717, 1.165) is 17.7 Å². The average molecular weight is 592 g/mol. The Morgan fingerprint density at radius 3 is 2.26 bits per heavy atom. The number of likely N-dealkylation sites (tertiary alicyclic amines) is 2. The normalized spacial score (nSPS) is 20.5. The van der Waals surface area contributed by atoms with Crippen molar-refractivity contribution >= 4 is 23.2 Å². The minimum absolute atomic E-state index is 0.0819. The Morgan fingerprint density at radius 2 is 1.64 bits per heavy atom. The number of fused-ring (bicyclic) bond motifs is 1. The Hall–Kier alpha value is -3.90. The van der Waals surface area contributed by atoms with Crippen LogP contribution < -0.4 is 4.74 Å². The second kappa shape index (κ2) is 11.4. The Balaban J connectivity index is 1.22. The number of halogens is 4. The Bertz CT molecular complexity index is 1430. The van der Waals surface area contributed by atoms with Gasteiger partial charge in [0.1, 0.15) is 28.9 Å². The molecule has 0 bridgehead atoms. The van der Waals surface area contributed by atoms with Gasteiger partial charge in [-0.25, -0.2) is 19.2 Å². The van der Waals surface area contributed by atoms with Crippen molar-refractivity contribution in [2.75, 3.05) is 26.2 Å². The molecule has 2 atom stereocenters. The predicted molar refractivity (Wildman–Crippen MR) is 145 cm³/mol. The van der Waals surface area contributed by atoms with E-state index in [1.807, 2.05) is 6.07 Å². The minimum Gasteiger partial charge on any atom is -0.444 e. The highest BCUT2D eigenvalue weighted by molar-refractivity contribution is 5.94. The maximum Gasteiger partial charge on any atom is 0.573 e. The molecule has 1 aromatic carbocycles. The number of aromatic amines is 1. The molecule has 226 valence electrons. The van der Waals surface area contributed by atoms with E-state index in [9.17, 15) is 22.8 Å². The van der Waals surface area contributed by atoms with Gasteiger partial charge in [0.2, 0.25) is 0 Å². The van der Waals surface area contributed by atoms with E-state index in [2.05, 4.69) is 14.7 Å². The van der Waals surface area contributed by atoms with Crippen molar-refractivity contribution in [3.63, 3.8) is 0 Å². The molecule has 2 saturated heterocycles. The lowest BCUT2D eigenvalue weighted by atomic mass is 9.89. The van der Waals surface area contributed by atoms with Gasteiger partial charge in [0.25, 0.3) is 5.91 Å². The number of imidazole rings is 1. The number of hydrogen-bond donors (Lipinski definition) is 1. The van der Waals surface area contributed by atoms with E-state index in [1.54, 1.807) is 31.9 Å². The quantitative estimate of drug-likeness (QED) is 0.377. The van der Waals surface area contributed by atoms with Gasteiger partial charge in [-0.3, -0.25) is 4.79 Å². The van der Waals surface area contributed by atoms with Gasteiger partial charge in [0, 0.05) is 31.4 Å². The van der Waals surface area contributed by atoms with Crippen LogP contribution in [-0.2, 0) is 4.74 Å². The third-order valence-electron chi connectivity index (χ3n) is 7.54. The van der Waals surface area contributed by atoms with Crippen LogP contribution in [0, 0.1) is 0 Å². The van der Waals surface area contributed by atoms with Crippen LogP contribution in [0.4, 0.5) is 22.4 Å². The maximum absolute atomic E-state index is 15.3. The van der Waals surface area contributed by atoms with Crippen molar-refractivity contribution in [2.24, 2.45) is 0 Å². The molecular formula is C29H33F4N5O4. The highest BCUT2D eigenvalue weighted by Crippen LogP contribution is 2.35. The van der Waals surface area contributed by atoms with Gasteiger partial charge in [-0.15, -0.1) is 13.2 Å². The molecule has 4 heterocycles. The first-order valence-electron chi connectivity index (χ1n) is 13.9. The van der Waals surface area contributed by atoms with Gasteiger partial charge in [-0.1, -0.05) is 0 Å². The largest absolute Gasteiger partial charge is 0.573 e. The van der Waals surface area contributed by atoms with E-state index in [1.165, 1.54) is 17.0 Å². The summed E-state index contributed by atoms with van der Waals surface area (Å²) in [6.07, 6.45) is -3.27. The van der Waals surface area contributed by atoms with Crippen molar-refractivity contribution < 1.29 is 36.6 Å². The van der Waals surface area contributed by atoms with Crippen LogP contribution in [0.25, 0.3) is 11.2 Å². The third kappa shape index (κ3) is 6.76. The number of benzene rings is 1. The summed E-state index contributed by atoms with van der Waals surface area (Å²) in [5.41, 5.74) is 1.81. The van der Waals surface area contributed by atoms with Crippen LogP contribution in [0.15, 0.2) is 36.5 Å². The maximum atomic E-state index is 15.3. The highest BCUT2D eigenvalue weighted by Gasteiger charge is 2.37. The number of piperidine rings is 2. The van der Waals surface area contributed by atoms with Crippen molar-refractivity contribution in [2.45, 2.75) is 70.0 Å². The Labute approximate surface area is 240 Å². The molecule has 2 aliphatic heterocycles. The SMILES string of the molecule is CC(C)(C)OC(=O)N1CCC(c2nc3c(C4CCN(C(=O)c5ccc(OC(F)(F)F)cc5)CC4)ccnc3[nH]2)C(F)C1. The fourth-order valence-corrected chi connectivity index (χ4v) is 5.53. The van der Waals surface area contributed by atoms with Crippen molar-refractivity contribution in [3.8, 4) is 5.75 Å². The van der Waals surface area contributed by atoms with Gasteiger partial charge in [0.15, 0.2) is 5.65 Å². The molecule has 0 saturated carbocycles. The van der Waals surface area contributed by atoms with Crippen molar-refractivity contribution in [3.05, 3.63) is 53.5 Å². The first-order chi connectivity index (χ1) is 19.8. The number of carbonyl (C=O) groups is 2. The molecule has 1 N–H and O–H groups in total. The van der Waals surface area contributed by atoms with Gasteiger partial charge in [-0.2, -0.15) is 0 Å². The molecule has 0 aliphatic carbocycles. The minimum atomic E-state index is -4.80. The molecule has 0 radical (unpaired) electrons. The number of nitrogens with zero attached hydrogens (tertiary/aromatic N) is 4. The molecule has 0 spiro atoms. The second-order valence-electron chi connectivity index (χ2n) is 11.7. The lowest BCUT2D eigenvalue weighted by Crippen LogP contribution is -2.46. The molecule has 2 unspecified atom stereocenters. The first kappa shape index (κ1) is 29.6. The molecule has 13 heteroatoms. The van der Waals surface area contributed by atoms with Crippen molar-refractivity contribution in [1.29, 1.82) is 0 Å². The van der Waals surface area contributed by atoms with E-state index in [4.69, 9.17) is 9.72 Å². The molecular weight excluding hydrogens is 558 g/mol. The summed E-state index contributed by atoms with van der Waals surface area (Å²) in [6.45, 7) is 6.49. The number of alkyl halides is 4. The standard InChI is InChI=1S/C29H33F4N5O4/c1-28(2,3)42-27(40)38-15-11-21(22(30)16-38)24-35-23-20(8-12-34-25(23)36-24)17-9-13-37(14-10-17)26(39)18-4-6-19(7-5-18)41-29(31,32)33/h4-8,12,17,21-22H,9-11,13-16H2,1-3H3,(H,34,35,36). The summed E-state index contributed by atoms with van der Waals surface area (Å²) in [4.78, 5) is 40.8. The second-order valence-corrected chi connectivity index (χ2v) is 11.7. The van der Waals surface area contributed by atoms with E-state index < -0.39 is 30.1 Å². The van der Waals surface area contributed by atoms with E-state index in [0.29, 0.717) is 55.9 Å². The smallest absolute Gasteiger partial charge is 0.444 e. The van der Waals surface area contributed by atoms with Gasteiger partial charge >= 0.3 is 12.5 Å². The Kier molecular flexibility index (Phi) is 8.04. The number of aromatic nitrogens is 3. The fourth-order valence-electron chi connectivity index (χ4n) is 5.53. The summed E-state index contributed by atoms with van der Waals surface area (Å²) in [7, 11) is 0. The van der Waals surface area contributed by atoms with Gasteiger partial charge in [0.05, 0.1) is 12.5 Å². The fraction of sp³-hybridized carbons (Fsp3) is 0.517. The Morgan fingerprint density at radius 1 is 0.976 bits per heavy atom. The number of amides is 2. The van der Waals surface area contributed by atoms with Gasteiger partial charge < -0.3 is 24.3 Å².